The molecule has 0 spiro atoms. The molecule has 98 valence electrons. The van der Waals surface area contributed by atoms with E-state index >= 15 is 0 Å². The van der Waals surface area contributed by atoms with Gasteiger partial charge in [-0.3, -0.25) is 4.79 Å². The van der Waals surface area contributed by atoms with Crippen molar-refractivity contribution >= 4 is 16.8 Å². The quantitative estimate of drug-likeness (QED) is 0.682. The third kappa shape index (κ3) is 1.93. The van der Waals surface area contributed by atoms with Gasteiger partial charge in [0, 0.05) is 17.5 Å². The zero-order chi connectivity index (χ0) is 13.8. The van der Waals surface area contributed by atoms with Gasteiger partial charge in [-0.1, -0.05) is 0 Å². The number of ether oxygens (including phenoxy) is 1. The SMILES string of the molecule is Cc1cc(=O)oc2cc3c(cc12)C(=O)CC(C)(C)O3. The fraction of sp³-hybridized carbons (Fsp3) is 0.333. The zero-order valence-electron chi connectivity index (χ0n) is 11.1. The van der Waals surface area contributed by atoms with E-state index in [1.165, 1.54) is 6.07 Å². The number of hydrogen-bond donors (Lipinski definition) is 0. The lowest BCUT2D eigenvalue weighted by atomic mass is 9.92. The van der Waals surface area contributed by atoms with Gasteiger partial charge in [0.25, 0.3) is 0 Å². The minimum atomic E-state index is -0.526. The minimum Gasteiger partial charge on any atom is -0.486 e. The van der Waals surface area contributed by atoms with E-state index in [-0.39, 0.29) is 5.78 Å². The Hall–Kier alpha value is -2.10. The van der Waals surface area contributed by atoms with Crippen molar-refractivity contribution in [3.8, 4) is 5.75 Å². The van der Waals surface area contributed by atoms with E-state index in [0.717, 1.165) is 10.9 Å². The van der Waals surface area contributed by atoms with E-state index in [4.69, 9.17) is 9.15 Å². The summed E-state index contributed by atoms with van der Waals surface area (Å²) in [6.45, 7) is 5.55. The molecule has 0 radical (unpaired) electrons. The lowest BCUT2D eigenvalue weighted by Crippen LogP contribution is -2.35. The third-order valence-corrected chi connectivity index (χ3v) is 3.32. The third-order valence-electron chi connectivity index (χ3n) is 3.32. The Morgan fingerprint density at radius 3 is 2.63 bits per heavy atom. The largest absolute Gasteiger partial charge is 0.486 e. The summed E-state index contributed by atoms with van der Waals surface area (Å²) in [5, 5.41) is 0.773. The second kappa shape index (κ2) is 3.70. The van der Waals surface area contributed by atoms with E-state index in [1.54, 1.807) is 12.1 Å². The summed E-state index contributed by atoms with van der Waals surface area (Å²) in [5.41, 5.74) is 0.887. The van der Waals surface area contributed by atoms with E-state index in [0.29, 0.717) is 23.3 Å². The van der Waals surface area contributed by atoms with Gasteiger partial charge < -0.3 is 9.15 Å². The molecular formula is C15H14O4. The van der Waals surface area contributed by atoms with Crippen LogP contribution in [0.1, 0.15) is 36.2 Å². The highest BCUT2D eigenvalue weighted by atomic mass is 16.5. The fourth-order valence-corrected chi connectivity index (χ4v) is 2.46. The summed E-state index contributed by atoms with van der Waals surface area (Å²) >= 11 is 0. The molecule has 4 nitrogen and oxygen atoms in total. The predicted octanol–water partition coefficient (Wildman–Crippen LogP) is 2.85. The number of carbonyl (C=O) groups excluding carboxylic acids is 1. The first-order valence-electron chi connectivity index (χ1n) is 6.16. The van der Waals surface area contributed by atoms with Crippen molar-refractivity contribution in [3.63, 3.8) is 0 Å². The van der Waals surface area contributed by atoms with Crippen molar-refractivity contribution in [2.45, 2.75) is 32.8 Å². The van der Waals surface area contributed by atoms with Crippen LogP contribution in [0.2, 0.25) is 0 Å². The normalized spacial score (nSPS) is 17.1. The Morgan fingerprint density at radius 1 is 1.16 bits per heavy atom. The van der Waals surface area contributed by atoms with Gasteiger partial charge in [0.1, 0.15) is 16.9 Å². The Kier molecular flexibility index (Phi) is 2.33. The molecule has 0 unspecified atom stereocenters. The van der Waals surface area contributed by atoms with Crippen LogP contribution in [-0.2, 0) is 0 Å². The molecular weight excluding hydrogens is 244 g/mol. The van der Waals surface area contributed by atoms with Gasteiger partial charge in [-0.2, -0.15) is 0 Å². The highest BCUT2D eigenvalue weighted by molar-refractivity contribution is 6.03. The number of Topliss-reactive ketones (excluding diaryl/α,β-unsaturated/α-hetero) is 1. The molecule has 0 aliphatic carbocycles. The smallest absolute Gasteiger partial charge is 0.336 e. The van der Waals surface area contributed by atoms with Crippen LogP contribution in [0, 0.1) is 6.92 Å². The average Bonchev–Trinajstić information content (AvgIpc) is 2.24. The van der Waals surface area contributed by atoms with Crippen molar-refractivity contribution in [1.29, 1.82) is 0 Å². The van der Waals surface area contributed by atoms with Gasteiger partial charge in [0.05, 0.1) is 12.0 Å². The molecule has 0 atom stereocenters. The van der Waals surface area contributed by atoms with Crippen molar-refractivity contribution in [1.82, 2.24) is 0 Å². The molecule has 0 N–H and O–H groups in total. The molecule has 1 aromatic carbocycles. The summed E-state index contributed by atoms with van der Waals surface area (Å²) < 4.78 is 11.0. The minimum absolute atomic E-state index is 0.0544. The highest BCUT2D eigenvalue weighted by Crippen LogP contribution is 2.36. The number of rotatable bonds is 0. The summed E-state index contributed by atoms with van der Waals surface area (Å²) in [7, 11) is 0. The predicted molar refractivity (Wildman–Crippen MR) is 70.9 cm³/mol. The second-order valence-electron chi connectivity index (χ2n) is 5.55. The van der Waals surface area contributed by atoms with Crippen LogP contribution >= 0.6 is 0 Å². The molecule has 2 heterocycles. The molecule has 1 aliphatic rings. The van der Waals surface area contributed by atoms with Crippen LogP contribution in [0.25, 0.3) is 11.0 Å². The summed E-state index contributed by atoms with van der Waals surface area (Å²) in [4.78, 5) is 23.5. The lowest BCUT2D eigenvalue weighted by molar-refractivity contribution is 0.0621. The van der Waals surface area contributed by atoms with Crippen LogP contribution in [0.3, 0.4) is 0 Å². The maximum atomic E-state index is 12.2. The number of ketones is 1. The zero-order valence-corrected chi connectivity index (χ0v) is 11.1. The number of carbonyl (C=O) groups is 1. The van der Waals surface area contributed by atoms with Crippen molar-refractivity contribution in [3.05, 3.63) is 39.7 Å². The summed E-state index contributed by atoms with van der Waals surface area (Å²) in [6, 6.07) is 4.81. The van der Waals surface area contributed by atoms with Gasteiger partial charge >= 0.3 is 5.63 Å². The Morgan fingerprint density at radius 2 is 1.89 bits per heavy atom. The molecule has 1 aromatic heterocycles. The van der Waals surface area contributed by atoms with Crippen LogP contribution in [-0.4, -0.2) is 11.4 Å². The highest BCUT2D eigenvalue weighted by Gasteiger charge is 2.33. The van der Waals surface area contributed by atoms with Gasteiger partial charge in [-0.15, -0.1) is 0 Å². The monoisotopic (exact) mass is 258 g/mol. The topological polar surface area (TPSA) is 56.5 Å². The van der Waals surface area contributed by atoms with Crippen molar-refractivity contribution < 1.29 is 13.9 Å². The Balaban J connectivity index is 2.32. The summed E-state index contributed by atoms with van der Waals surface area (Å²) in [5.74, 6) is 0.543. The fourth-order valence-electron chi connectivity index (χ4n) is 2.46. The molecule has 19 heavy (non-hydrogen) atoms. The maximum Gasteiger partial charge on any atom is 0.336 e. The molecule has 0 saturated carbocycles. The first kappa shape index (κ1) is 12.0. The molecule has 1 aliphatic heterocycles. The number of aryl methyl sites for hydroxylation is 1. The molecule has 0 saturated heterocycles. The number of fused-ring (bicyclic) bond motifs is 2. The molecule has 0 fully saturated rings. The molecule has 0 bridgehead atoms. The second-order valence-corrected chi connectivity index (χ2v) is 5.55. The van der Waals surface area contributed by atoms with E-state index < -0.39 is 11.2 Å². The van der Waals surface area contributed by atoms with Crippen LogP contribution in [0.5, 0.6) is 5.75 Å². The van der Waals surface area contributed by atoms with E-state index in [9.17, 15) is 9.59 Å². The Bertz CT molecular complexity index is 753. The van der Waals surface area contributed by atoms with Crippen LogP contribution in [0.15, 0.2) is 27.4 Å². The van der Waals surface area contributed by atoms with E-state index in [1.807, 2.05) is 20.8 Å². The van der Waals surface area contributed by atoms with Gasteiger partial charge in [-0.25, -0.2) is 4.79 Å². The van der Waals surface area contributed by atoms with Gasteiger partial charge in [0.2, 0.25) is 0 Å². The van der Waals surface area contributed by atoms with Gasteiger partial charge in [0.15, 0.2) is 5.78 Å². The first-order valence-corrected chi connectivity index (χ1v) is 6.16. The molecule has 3 rings (SSSR count). The van der Waals surface area contributed by atoms with Crippen LogP contribution < -0.4 is 10.4 Å². The molecule has 0 amide bonds. The molecule has 2 aromatic rings. The molecule has 4 heteroatoms. The van der Waals surface area contributed by atoms with Gasteiger partial charge in [-0.05, 0) is 32.4 Å². The lowest BCUT2D eigenvalue weighted by Gasteiger charge is -2.31. The number of hydrogen-bond acceptors (Lipinski definition) is 4. The van der Waals surface area contributed by atoms with Crippen molar-refractivity contribution in [2.75, 3.05) is 0 Å². The Labute approximate surface area is 110 Å². The average molecular weight is 258 g/mol. The first-order chi connectivity index (χ1) is 8.85. The van der Waals surface area contributed by atoms with E-state index in [2.05, 4.69) is 0 Å². The van der Waals surface area contributed by atoms with Crippen LogP contribution in [0.4, 0.5) is 0 Å². The number of benzene rings is 1. The summed E-state index contributed by atoms with van der Waals surface area (Å²) in [6.07, 6.45) is 0.349. The maximum absolute atomic E-state index is 12.2. The standard InChI is InChI=1S/C15H14O4/c1-8-4-14(17)18-12-6-13-10(5-9(8)12)11(16)7-15(2,3)19-13/h4-6H,7H2,1-3H3. The van der Waals surface area contributed by atoms with Crippen molar-refractivity contribution in [2.24, 2.45) is 0 Å².